The molecule has 2 heterocycles. The molecule has 0 unspecified atom stereocenters. The predicted molar refractivity (Wildman–Crippen MR) is 96.7 cm³/mol. The van der Waals surface area contributed by atoms with Crippen LogP contribution in [0.2, 0.25) is 5.02 Å². The van der Waals surface area contributed by atoms with E-state index >= 15 is 0 Å². The molecule has 8 heteroatoms. The molecule has 2 aromatic carbocycles. The van der Waals surface area contributed by atoms with Gasteiger partial charge in [-0.3, -0.25) is 9.59 Å². The number of aromatic nitrogens is 3. The van der Waals surface area contributed by atoms with Crippen LogP contribution in [-0.2, 0) is 6.54 Å². The normalized spacial score (nSPS) is 12.6. The molecule has 1 aromatic heterocycles. The molecule has 2 amide bonds. The number of fused-ring (bicyclic) bond motifs is 1. The van der Waals surface area contributed by atoms with Gasteiger partial charge in [-0.25, -0.2) is 9.67 Å². The summed E-state index contributed by atoms with van der Waals surface area (Å²) in [6.45, 7) is 2.21. The maximum Gasteiger partial charge on any atom is 0.295 e. The van der Waals surface area contributed by atoms with Crippen molar-refractivity contribution >= 4 is 29.1 Å². The van der Waals surface area contributed by atoms with Crippen molar-refractivity contribution in [3.8, 4) is 5.69 Å². The topological polar surface area (TPSA) is 88.9 Å². The van der Waals surface area contributed by atoms with Gasteiger partial charge in [0.15, 0.2) is 0 Å². The highest BCUT2D eigenvalue weighted by Gasteiger charge is 2.24. The lowest BCUT2D eigenvalue weighted by Gasteiger charge is -2.06. The maximum atomic E-state index is 12.6. The number of amides is 2. The third-order valence-electron chi connectivity index (χ3n) is 4.11. The molecule has 0 saturated heterocycles. The van der Waals surface area contributed by atoms with E-state index in [4.69, 9.17) is 11.6 Å². The SMILES string of the molecule is Cc1nc(C(=O)Nc2cccc3c2C(=O)NC3)nn1-c1ccc(Cl)cc1. The lowest BCUT2D eigenvalue weighted by atomic mass is 10.1. The molecule has 1 aliphatic heterocycles. The number of nitrogens with zero attached hydrogens (tertiary/aromatic N) is 3. The number of rotatable bonds is 3. The smallest absolute Gasteiger partial charge is 0.295 e. The van der Waals surface area contributed by atoms with Gasteiger partial charge in [-0.1, -0.05) is 23.7 Å². The lowest BCUT2D eigenvalue weighted by Crippen LogP contribution is -2.18. The second kappa shape index (κ2) is 6.27. The number of hydrogen-bond donors (Lipinski definition) is 2. The van der Waals surface area contributed by atoms with Crippen molar-refractivity contribution in [2.24, 2.45) is 0 Å². The number of aryl methyl sites for hydroxylation is 1. The largest absolute Gasteiger partial charge is 0.348 e. The molecule has 2 N–H and O–H groups in total. The van der Waals surface area contributed by atoms with Crippen LogP contribution in [-0.4, -0.2) is 26.6 Å². The van der Waals surface area contributed by atoms with Gasteiger partial charge in [0.05, 0.1) is 16.9 Å². The Bertz CT molecular complexity index is 1030. The first-order chi connectivity index (χ1) is 12.5. The van der Waals surface area contributed by atoms with E-state index in [2.05, 4.69) is 20.7 Å². The van der Waals surface area contributed by atoms with Gasteiger partial charge >= 0.3 is 0 Å². The first-order valence-corrected chi connectivity index (χ1v) is 8.32. The zero-order valence-electron chi connectivity index (χ0n) is 13.8. The average Bonchev–Trinajstić information content (AvgIpc) is 3.20. The minimum Gasteiger partial charge on any atom is -0.348 e. The highest BCUT2D eigenvalue weighted by Crippen LogP contribution is 2.24. The second-order valence-corrected chi connectivity index (χ2v) is 6.28. The number of carbonyl (C=O) groups excluding carboxylic acids is 2. The minimum absolute atomic E-state index is 0.0217. The molecule has 0 saturated carbocycles. The Hall–Kier alpha value is -3.19. The molecule has 0 aliphatic carbocycles. The van der Waals surface area contributed by atoms with Crippen molar-refractivity contribution in [1.29, 1.82) is 0 Å². The van der Waals surface area contributed by atoms with Crippen molar-refractivity contribution in [3.63, 3.8) is 0 Å². The minimum atomic E-state index is -0.478. The quantitative estimate of drug-likeness (QED) is 0.745. The monoisotopic (exact) mass is 367 g/mol. The van der Waals surface area contributed by atoms with Crippen LogP contribution in [0.3, 0.4) is 0 Å². The van der Waals surface area contributed by atoms with E-state index in [1.54, 1.807) is 48.0 Å². The zero-order chi connectivity index (χ0) is 18.3. The summed E-state index contributed by atoms with van der Waals surface area (Å²) in [5.41, 5.74) is 2.53. The molecule has 4 rings (SSSR count). The summed E-state index contributed by atoms with van der Waals surface area (Å²) in [6, 6.07) is 12.4. The van der Waals surface area contributed by atoms with Crippen LogP contribution in [0, 0.1) is 6.92 Å². The van der Waals surface area contributed by atoms with E-state index in [9.17, 15) is 9.59 Å². The summed E-state index contributed by atoms with van der Waals surface area (Å²) in [7, 11) is 0. The number of anilines is 1. The summed E-state index contributed by atoms with van der Waals surface area (Å²) in [6.07, 6.45) is 0. The van der Waals surface area contributed by atoms with Gasteiger partial charge in [0.25, 0.3) is 11.8 Å². The predicted octanol–water partition coefficient (Wildman–Crippen LogP) is 2.72. The second-order valence-electron chi connectivity index (χ2n) is 5.85. The van der Waals surface area contributed by atoms with Gasteiger partial charge in [-0.15, -0.1) is 5.10 Å². The Morgan fingerprint density at radius 3 is 2.77 bits per heavy atom. The summed E-state index contributed by atoms with van der Waals surface area (Å²) < 4.78 is 1.56. The Morgan fingerprint density at radius 1 is 1.23 bits per heavy atom. The van der Waals surface area contributed by atoms with Gasteiger partial charge in [0, 0.05) is 11.6 Å². The Labute approximate surface area is 154 Å². The van der Waals surface area contributed by atoms with Crippen LogP contribution in [0.25, 0.3) is 5.69 Å². The first-order valence-electron chi connectivity index (χ1n) is 7.94. The molecule has 0 fully saturated rings. The van der Waals surface area contributed by atoms with E-state index in [0.29, 0.717) is 28.6 Å². The fourth-order valence-electron chi connectivity index (χ4n) is 2.87. The van der Waals surface area contributed by atoms with Gasteiger partial charge < -0.3 is 10.6 Å². The molecule has 3 aromatic rings. The van der Waals surface area contributed by atoms with Gasteiger partial charge in [0.2, 0.25) is 5.82 Å². The molecular weight excluding hydrogens is 354 g/mol. The van der Waals surface area contributed by atoms with E-state index in [1.165, 1.54) is 0 Å². The molecular formula is C18H14ClN5O2. The van der Waals surface area contributed by atoms with Crippen molar-refractivity contribution < 1.29 is 9.59 Å². The van der Waals surface area contributed by atoms with Gasteiger partial charge in [0.1, 0.15) is 5.82 Å². The third-order valence-corrected chi connectivity index (χ3v) is 4.36. The first kappa shape index (κ1) is 16.3. The molecule has 130 valence electrons. The van der Waals surface area contributed by atoms with E-state index in [1.807, 2.05) is 6.07 Å². The number of carbonyl (C=O) groups is 2. The van der Waals surface area contributed by atoms with Crippen LogP contribution in [0.1, 0.15) is 32.4 Å². The summed E-state index contributed by atoms with van der Waals surface area (Å²) >= 11 is 5.90. The number of nitrogens with one attached hydrogen (secondary N) is 2. The fourth-order valence-corrected chi connectivity index (χ4v) is 3.00. The Morgan fingerprint density at radius 2 is 2.00 bits per heavy atom. The molecule has 1 aliphatic rings. The van der Waals surface area contributed by atoms with Gasteiger partial charge in [-0.05, 0) is 42.8 Å². The molecule has 0 radical (unpaired) electrons. The van der Waals surface area contributed by atoms with Crippen LogP contribution in [0.5, 0.6) is 0 Å². The maximum absolute atomic E-state index is 12.6. The van der Waals surface area contributed by atoms with E-state index in [0.717, 1.165) is 11.3 Å². The number of halogens is 1. The number of benzene rings is 2. The van der Waals surface area contributed by atoms with Crippen molar-refractivity contribution in [2.45, 2.75) is 13.5 Å². The number of hydrogen-bond acceptors (Lipinski definition) is 4. The lowest BCUT2D eigenvalue weighted by molar-refractivity contribution is 0.0966. The molecule has 0 atom stereocenters. The summed E-state index contributed by atoms with van der Waals surface area (Å²) in [4.78, 5) is 28.8. The zero-order valence-corrected chi connectivity index (χ0v) is 14.5. The molecule has 0 bridgehead atoms. The van der Waals surface area contributed by atoms with Crippen molar-refractivity contribution in [1.82, 2.24) is 20.1 Å². The molecule has 26 heavy (non-hydrogen) atoms. The average molecular weight is 368 g/mol. The van der Waals surface area contributed by atoms with Crippen LogP contribution >= 0.6 is 11.6 Å². The van der Waals surface area contributed by atoms with Crippen LogP contribution < -0.4 is 10.6 Å². The van der Waals surface area contributed by atoms with Gasteiger partial charge in [-0.2, -0.15) is 0 Å². The molecule has 0 spiro atoms. The Kier molecular flexibility index (Phi) is 3.93. The summed E-state index contributed by atoms with van der Waals surface area (Å²) in [5.74, 6) is -0.0948. The standard InChI is InChI=1S/C18H14ClN5O2/c1-10-21-16(23-24(10)13-7-5-12(19)6-8-13)18(26)22-14-4-2-3-11-9-20-17(25)15(11)14/h2-8H,9H2,1H3,(H,20,25)(H,22,26). The molecule has 7 nitrogen and oxygen atoms in total. The highest BCUT2D eigenvalue weighted by molar-refractivity contribution is 6.30. The van der Waals surface area contributed by atoms with Crippen molar-refractivity contribution in [2.75, 3.05) is 5.32 Å². The van der Waals surface area contributed by atoms with Crippen molar-refractivity contribution in [3.05, 3.63) is 70.3 Å². The Balaban J connectivity index is 1.62. The van der Waals surface area contributed by atoms with Crippen LogP contribution in [0.4, 0.5) is 5.69 Å². The third kappa shape index (κ3) is 2.82. The van der Waals surface area contributed by atoms with E-state index < -0.39 is 5.91 Å². The highest BCUT2D eigenvalue weighted by atomic mass is 35.5. The fraction of sp³-hybridized carbons (Fsp3) is 0.111. The van der Waals surface area contributed by atoms with Crippen LogP contribution in [0.15, 0.2) is 42.5 Å². The summed E-state index contributed by atoms with van der Waals surface area (Å²) in [5, 5.41) is 10.4. The van der Waals surface area contributed by atoms with E-state index in [-0.39, 0.29) is 11.7 Å².